The SMILES string of the molecule is O=C(Nc1ccccn1)C1CCCN(C(=O)c2cc(-c3ccccc3)n[nH]2)C1. The minimum Gasteiger partial charge on any atom is -0.337 e. The molecule has 1 atom stereocenters. The highest BCUT2D eigenvalue weighted by Gasteiger charge is 2.30. The Morgan fingerprint density at radius 3 is 2.71 bits per heavy atom. The third kappa shape index (κ3) is 3.93. The molecular weight excluding hydrogens is 354 g/mol. The number of piperidine rings is 1. The second kappa shape index (κ2) is 8.04. The van der Waals surface area contributed by atoms with Gasteiger partial charge in [-0.1, -0.05) is 36.4 Å². The van der Waals surface area contributed by atoms with E-state index in [9.17, 15) is 9.59 Å². The lowest BCUT2D eigenvalue weighted by Crippen LogP contribution is -2.44. The summed E-state index contributed by atoms with van der Waals surface area (Å²) in [6.07, 6.45) is 3.17. The van der Waals surface area contributed by atoms with E-state index in [2.05, 4.69) is 20.5 Å². The molecule has 1 unspecified atom stereocenters. The Morgan fingerprint density at radius 2 is 1.93 bits per heavy atom. The van der Waals surface area contributed by atoms with Crippen molar-refractivity contribution in [3.8, 4) is 11.3 Å². The quantitative estimate of drug-likeness (QED) is 0.733. The van der Waals surface area contributed by atoms with Crippen molar-refractivity contribution >= 4 is 17.6 Å². The van der Waals surface area contributed by atoms with Gasteiger partial charge in [0.1, 0.15) is 11.5 Å². The topological polar surface area (TPSA) is 91.0 Å². The van der Waals surface area contributed by atoms with Gasteiger partial charge < -0.3 is 10.2 Å². The standard InChI is InChI=1S/C21H21N5O2/c27-20(23-19-10-4-5-11-22-19)16-9-6-12-26(14-16)21(28)18-13-17(24-25-18)15-7-2-1-3-8-15/h1-5,7-8,10-11,13,16H,6,9,12,14H2,(H,24,25)(H,22,23,27). The highest BCUT2D eigenvalue weighted by Crippen LogP contribution is 2.22. The molecule has 7 heteroatoms. The number of benzene rings is 1. The van der Waals surface area contributed by atoms with Crippen molar-refractivity contribution in [1.82, 2.24) is 20.1 Å². The van der Waals surface area contributed by atoms with Crippen LogP contribution in [0.3, 0.4) is 0 Å². The average Bonchev–Trinajstić information content (AvgIpc) is 3.25. The van der Waals surface area contributed by atoms with Crippen molar-refractivity contribution in [3.63, 3.8) is 0 Å². The van der Waals surface area contributed by atoms with Gasteiger partial charge in [-0.25, -0.2) is 4.98 Å². The first-order valence-corrected chi connectivity index (χ1v) is 9.33. The molecule has 1 aliphatic heterocycles. The van der Waals surface area contributed by atoms with Crippen molar-refractivity contribution < 1.29 is 9.59 Å². The first kappa shape index (κ1) is 17.9. The first-order valence-electron chi connectivity index (χ1n) is 9.33. The second-order valence-electron chi connectivity index (χ2n) is 6.83. The lowest BCUT2D eigenvalue weighted by Gasteiger charge is -2.31. The Labute approximate surface area is 162 Å². The number of aromatic nitrogens is 3. The number of nitrogens with one attached hydrogen (secondary N) is 2. The second-order valence-corrected chi connectivity index (χ2v) is 6.83. The molecule has 1 aromatic carbocycles. The van der Waals surface area contributed by atoms with Crippen molar-refractivity contribution in [2.75, 3.05) is 18.4 Å². The molecule has 1 aliphatic rings. The van der Waals surface area contributed by atoms with Gasteiger partial charge in [0.25, 0.3) is 5.91 Å². The van der Waals surface area contributed by atoms with Crippen LogP contribution in [0.5, 0.6) is 0 Å². The van der Waals surface area contributed by atoms with Crippen LogP contribution in [-0.2, 0) is 4.79 Å². The summed E-state index contributed by atoms with van der Waals surface area (Å²) in [6, 6.07) is 16.8. The van der Waals surface area contributed by atoms with E-state index in [0.717, 1.165) is 24.1 Å². The van der Waals surface area contributed by atoms with Gasteiger partial charge in [-0.2, -0.15) is 5.10 Å². The predicted molar refractivity (Wildman–Crippen MR) is 106 cm³/mol. The maximum Gasteiger partial charge on any atom is 0.271 e. The van der Waals surface area contributed by atoms with E-state index >= 15 is 0 Å². The summed E-state index contributed by atoms with van der Waals surface area (Å²) in [4.78, 5) is 31.3. The Bertz CT molecular complexity index is 955. The number of amides is 2. The monoisotopic (exact) mass is 375 g/mol. The van der Waals surface area contributed by atoms with Crippen LogP contribution in [0.15, 0.2) is 60.8 Å². The number of rotatable bonds is 4. The molecule has 142 valence electrons. The zero-order valence-electron chi connectivity index (χ0n) is 15.3. The van der Waals surface area contributed by atoms with Crippen molar-refractivity contribution in [1.29, 1.82) is 0 Å². The number of carbonyl (C=O) groups excluding carboxylic acids is 2. The smallest absolute Gasteiger partial charge is 0.271 e. The van der Waals surface area contributed by atoms with Crippen LogP contribution in [-0.4, -0.2) is 45.0 Å². The molecule has 1 fully saturated rings. The number of nitrogens with zero attached hydrogens (tertiary/aromatic N) is 3. The molecule has 0 aliphatic carbocycles. The predicted octanol–water partition coefficient (Wildman–Crippen LogP) is 2.96. The fraction of sp³-hybridized carbons (Fsp3) is 0.238. The largest absolute Gasteiger partial charge is 0.337 e. The van der Waals surface area contributed by atoms with Gasteiger partial charge >= 0.3 is 0 Å². The number of carbonyl (C=O) groups is 2. The average molecular weight is 375 g/mol. The molecule has 0 radical (unpaired) electrons. The van der Waals surface area contributed by atoms with Gasteiger partial charge in [0.15, 0.2) is 0 Å². The summed E-state index contributed by atoms with van der Waals surface area (Å²) in [6.45, 7) is 1.02. The molecule has 7 nitrogen and oxygen atoms in total. The third-order valence-electron chi connectivity index (χ3n) is 4.87. The van der Waals surface area contributed by atoms with E-state index in [1.54, 1.807) is 29.3 Å². The number of likely N-dealkylation sites (tertiary alicyclic amines) is 1. The highest BCUT2D eigenvalue weighted by molar-refractivity contribution is 5.95. The Morgan fingerprint density at radius 1 is 1.11 bits per heavy atom. The zero-order chi connectivity index (χ0) is 19.3. The van der Waals surface area contributed by atoms with Crippen molar-refractivity contribution in [2.24, 2.45) is 5.92 Å². The number of aromatic amines is 1. The van der Waals surface area contributed by atoms with Crippen LogP contribution in [0.4, 0.5) is 5.82 Å². The number of pyridine rings is 1. The van der Waals surface area contributed by atoms with E-state index in [0.29, 0.717) is 24.6 Å². The van der Waals surface area contributed by atoms with E-state index in [4.69, 9.17) is 0 Å². The van der Waals surface area contributed by atoms with Crippen LogP contribution in [0, 0.1) is 5.92 Å². The summed E-state index contributed by atoms with van der Waals surface area (Å²) in [5.74, 6) is 0.0315. The normalized spacial score (nSPS) is 16.6. The molecule has 2 N–H and O–H groups in total. The lowest BCUT2D eigenvalue weighted by atomic mass is 9.97. The summed E-state index contributed by atoms with van der Waals surface area (Å²) >= 11 is 0. The summed E-state index contributed by atoms with van der Waals surface area (Å²) in [5, 5.41) is 9.91. The zero-order valence-corrected chi connectivity index (χ0v) is 15.3. The van der Waals surface area contributed by atoms with Gasteiger partial charge in [-0.05, 0) is 31.0 Å². The van der Waals surface area contributed by atoms with Gasteiger partial charge in [-0.3, -0.25) is 14.7 Å². The molecule has 4 rings (SSSR count). The molecule has 0 bridgehead atoms. The Kier molecular flexibility index (Phi) is 5.14. The van der Waals surface area contributed by atoms with E-state index in [1.807, 2.05) is 36.4 Å². The Hall–Kier alpha value is -3.48. The van der Waals surface area contributed by atoms with Crippen molar-refractivity contribution in [2.45, 2.75) is 12.8 Å². The van der Waals surface area contributed by atoms with Gasteiger partial charge in [0.2, 0.25) is 5.91 Å². The van der Waals surface area contributed by atoms with Crippen molar-refractivity contribution in [3.05, 3.63) is 66.5 Å². The molecule has 2 amide bonds. The summed E-state index contributed by atoms with van der Waals surface area (Å²) in [7, 11) is 0. The molecule has 3 aromatic rings. The van der Waals surface area contributed by atoms with E-state index in [1.165, 1.54) is 0 Å². The highest BCUT2D eigenvalue weighted by atomic mass is 16.2. The summed E-state index contributed by atoms with van der Waals surface area (Å²) in [5.41, 5.74) is 2.11. The Balaban J connectivity index is 1.42. The van der Waals surface area contributed by atoms with E-state index in [-0.39, 0.29) is 17.7 Å². The van der Waals surface area contributed by atoms with Crippen LogP contribution in [0.2, 0.25) is 0 Å². The van der Waals surface area contributed by atoms with Crippen LogP contribution in [0.25, 0.3) is 11.3 Å². The fourth-order valence-corrected chi connectivity index (χ4v) is 3.40. The number of hydrogen-bond donors (Lipinski definition) is 2. The lowest BCUT2D eigenvalue weighted by molar-refractivity contribution is -0.121. The molecule has 0 spiro atoms. The first-order chi connectivity index (χ1) is 13.7. The maximum absolute atomic E-state index is 12.9. The molecule has 0 saturated carbocycles. The minimum absolute atomic E-state index is 0.106. The molecular formula is C21H21N5O2. The summed E-state index contributed by atoms with van der Waals surface area (Å²) < 4.78 is 0. The number of H-pyrrole nitrogens is 1. The maximum atomic E-state index is 12.9. The van der Waals surface area contributed by atoms with Crippen LogP contribution < -0.4 is 5.32 Å². The molecule has 28 heavy (non-hydrogen) atoms. The van der Waals surface area contributed by atoms with Crippen LogP contribution in [0.1, 0.15) is 23.3 Å². The fourth-order valence-electron chi connectivity index (χ4n) is 3.40. The van der Waals surface area contributed by atoms with Gasteiger partial charge in [0, 0.05) is 24.8 Å². The van der Waals surface area contributed by atoms with E-state index < -0.39 is 0 Å². The number of anilines is 1. The van der Waals surface area contributed by atoms with Crippen LogP contribution >= 0.6 is 0 Å². The number of hydrogen-bond acceptors (Lipinski definition) is 4. The molecule has 2 aromatic heterocycles. The molecule has 3 heterocycles. The van der Waals surface area contributed by atoms with Gasteiger partial charge in [0.05, 0.1) is 11.6 Å². The van der Waals surface area contributed by atoms with Gasteiger partial charge in [-0.15, -0.1) is 0 Å². The molecule has 1 saturated heterocycles. The third-order valence-corrected chi connectivity index (χ3v) is 4.87. The minimum atomic E-state index is -0.253.